The third kappa shape index (κ3) is 2.45. The quantitative estimate of drug-likeness (QED) is 0.744. The molecule has 0 saturated heterocycles. The van der Waals surface area contributed by atoms with Crippen LogP contribution in [0.25, 0.3) is 0 Å². The van der Waals surface area contributed by atoms with Crippen LogP contribution >= 0.6 is 0 Å². The molecule has 1 atom stereocenters. The molecule has 4 nitrogen and oxygen atoms in total. The molecular formula is C10H16BNO3S. The van der Waals surface area contributed by atoms with Gasteiger partial charge in [0.2, 0.25) is 0 Å². The third-order valence-corrected chi connectivity index (χ3v) is 5.19. The average Bonchev–Trinajstić information content (AvgIpc) is 2.27. The van der Waals surface area contributed by atoms with Gasteiger partial charge in [-0.2, -0.15) is 0 Å². The zero-order valence-corrected chi connectivity index (χ0v) is 10.4. The van der Waals surface area contributed by atoms with Crippen LogP contribution in [0.5, 0.6) is 0 Å². The summed E-state index contributed by atoms with van der Waals surface area (Å²) in [6.07, 6.45) is 0. The van der Waals surface area contributed by atoms with Crippen LogP contribution in [-0.4, -0.2) is 33.7 Å². The predicted octanol–water partition coefficient (Wildman–Crippen LogP) is 0.231. The lowest BCUT2D eigenvalue weighted by molar-refractivity contribution is 0.425. The summed E-state index contributed by atoms with van der Waals surface area (Å²) in [5.41, 5.74) is 0.380. The standard InChI is InChI=1S/C10H16BNO3S/c1-8(2)16(15,12-3)10-6-4-9(5-7-10)11(13)14/h4-8,13-14H,1-3H3. The highest BCUT2D eigenvalue weighted by Crippen LogP contribution is 2.17. The van der Waals surface area contributed by atoms with Gasteiger partial charge < -0.3 is 10.0 Å². The molecule has 0 aliphatic rings. The molecule has 0 saturated carbocycles. The molecule has 0 heterocycles. The van der Waals surface area contributed by atoms with Crippen LogP contribution in [0.2, 0.25) is 0 Å². The molecule has 0 aromatic heterocycles. The Balaban J connectivity index is 3.21. The Bertz CT molecular complexity index is 461. The predicted molar refractivity (Wildman–Crippen MR) is 66.2 cm³/mol. The molecule has 2 N–H and O–H groups in total. The summed E-state index contributed by atoms with van der Waals surface area (Å²) in [6.45, 7) is 3.70. The molecule has 0 amide bonds. The van der Waals surface area contributed by atoms with Crippen molar-refractivity contribution in [3.05, 3.63) is 24.3 Å². The Morgan fingerprint density at radius 1 is 1.25 bits per heavy atom. The second kappa shape index (κ2) is 4.99. The summed E-state index contributed by atoms with van der Waals surface area (Å²) in [5, 5.41) is 17.8. The van der Waals surface area contributed by atoms with Crippen molar-refractivity contribution in [3.63, 3.8) is 0 Å². The van der Waals surface area contributed by atoms with E-state index in [0.29, 0.717) is 10.4 Å². The highest BCUT2D eigenvalue weighted by Gasteiger charge is 2.17. The van der Waals surface area contributed by atoms with Crippen molar-refractivity contribution in [3.8, 4) is 0 Å². The van der Waals surface area contributed by atoms with Crippen LogP contribution in [0.4, 0.5) is 0 Å². The molecular weight excluding hydrogens is 225 g/mol. The fourth-order valence-electron chi connectivity index (χ4n) is 1.42. The highest BCUT2D eigenvalue weighted by atomic mass is 32.2. The van der Waals surface area contributed by atoms with Crippen molar-refractivity contribution in [2.45, 2.75) is 24.0 Å². The maximum absolute atomic E-state index is 12.4. The molecule has 1 aromatic carbocycles. The zero-order chi connectivity index (χ0) is 12.3. The van der Waals surface area contributed by atoms with Crippen molar-refractivity contribution in [1.29, 1.82) is 0 Å². The van der Waals surface area contributed by atoms with Gasteiger partial charge in [-0.15, -0.1) is 0 Å². The second-order valence-electron chi connectivity index (χ2n) is 3.74. The molecule has 0 bridgehead atoms. The van der Waals surface area contributed by atoms with Gasteiger partial charge in [0.1, 0.15) is 0 Å². The summed E-state index contributed by atoms with van der Waals surface area (Å²) in [5.74, 6) is 0. The van der Waals surface area contributed by atoms with Crippen LogP contribution in [0.1, 0.15) is 13.8 Å². The van der Waals surface area contributed by atoms with E-state index < -0.39 is 16.8 Å². The van der Waals surface area contributed by atoms with Crippen LogP contribution in [0, 0.1) is 0 Å². The first-order valence-corrected chi connectivity index (χ1v) is 6.60. The average molecular weight is 241 g/mol. The Kier molecular flexibility index (Phi) is 4.12. The highest BCUT2D eigenvalue weighted by molar-refractivity contribution is 7.94. The first-order valence-electron chi connectivity index (χ1n) is 5.02. The Hall–Kier alpha value is -0.845. The van der Waals surface area contributed by atoms with Crippen molar-refractivity contribution in [2.75, 3.05) is 7.05 Å². The van der Waals surface area contributed by atoms with Crippen LogP contribution in [0.15, 0.2) is 33.5 Å². The molecule has 1 aromatic rings. The Morgan fingerprint density at radius 2 is 1.75 bits per heavy atom. The second-order valence-corrected chi connectivity index (χ2v) is 6.66. The monoisotopic (exact) mass is 241 g/mol. The molecule has 16 heavy (non-hydrogen) atoms. The number of hydrogen-bond donors (Lipinski definition) is 2. The van der Waals surface area contributed by atoms with E-state index in [1.807, 2.05) is 13.8 Å². The van der Waals surface area contributed by atoms with E-state index in [9.17, 15) is 4.21 Å². The van der Waals surface area contributed by atoms with Gasteiger partial charge in [-0.1, -0.05) is 12.1 Å². The van der Waals surface area contributed by atoms with E-state index in [2.05, 4.69) is 4.36 Å². The van der Waals surface area contributed by atoms with Gasteiger partial charge in [0.15, 0.2) is 0 Å². The summed E-state index contributed by atoms with van der Waals surface area (Å²) in [6, 6.07) is 6.36. The first-order chi connectivity index (χ1) is 7.41. The molecule has 1 unspecified atom stereocenters. The van der Waals surface area contributed by atoms with E-state index in [1.165, 1.54) is 7.05 Å². The fourth-order valence-corrected chi connectivity index (χ4v) is 3.13. The molecule has 0 aliphatic heterocycles. The van der Waals surface area contributed by atoms with Gasteiger partial charge in [0, 0.05) is 17.2 Å². The van der Waals surface area contributed by atoms with Crippen molar-refractivity contribution in [1.82, 2.24) is 0 Å². The van der Waals surface area contributed by atoms with Gasteiger partial charge in [-0.3, -0.25) is 0 Å². The van der Waals surface area contributed by atoms with Crippen molar-refractivity contribution in [2.24, 2.45) is 4.36 Å². The lowest BCUT2D eigenvalue weighted by Gasteiger charge is -2.13. The summed E-state index contributed by atoms with van der Waals surface area (Å²) in [7, 11) is -2.36. The van der Waals surface area contributed by atoms with E-state index in [0.717, 1.165) is 0 Å². The maximum Gasteiger partial charge on any atom is 0.488 e. The lowest BCUT2D eigenvalue weighted by Crippen LogP contribution is -2.29. The molecule has 88 valence electrons. The van der Waals surface area contributed by atoms with Crippen LogP contribution < -0.4 is 5.46 Å². The van der Waals surface area contributed by atoms with Gasteiger partial charge in [0.05, 0.1) is 9.73 Å². The largest absolute Gasteiger partial charge is 0.488 e. The van der Waals surface area contributed by atoms with E-state index in [-0.39, 0.29) is 5.25 Å². The van der Waals surface area contributed by atoms with Crippen LogP contribution in [-0.2, 0) is 9.73 Å². The molecule has 0 spiro atoms. The number of rotatable bonds is 3. The lowest BCUT2D eigenvalue weighted by atomic mass is 9.81. The fraction of sp³-hybridized carbons (Fsp3) is 0.400. The number of hydrogen-bond acceptors (Lipinski definition) is 4. The molecule has 0 radical (unpaired) electrons. The minimum Gasteiger partial charge on any atom is -0.423 e. The summed E-state index contributed by atoms with van der Waals surface area (Å²) in [4.78, 5) is 0.620. The van der Waals surface area contributed by atoms with E-state index in [1.54, 1.807) is 24.3 Å². The summed E-state index contributed by atoms with van der Waals surface area (Å²) >= 11 is 0. The number of benzene rings is 1. The van der Waals surface area contributed by atoms with Gasteiger partial charge in [0.25, 0.3) is 0 Å². The number of nitrogens with zero attached hydrogens (tertiary/aromatic N) is 1. The van der Waals surface area contributed by atoms with Crippen molar-refractivity contribution < 1.29 is 14.3 Å². The first kappa shape index (κ1) is 13.2. The van der Waals surface area contributed by atoms with E-state index >= 15 is 0 Å². The van der Waals surface area contributed by atoms with Gasteiger partial charge >= 0.3 is 7.12 Å². The minimum absolute atomic E-state index is 0.0811. The maximum atomic E-state index is 12.4. The third-order valence-electron chi connectivity index (χ3n) is 2.43. The summed E-state index contributed by atoms with van der Waals surface area (Å²) < 4.78 is 16.4. The van der Waals surface area contributed by atoms with Crippen molar-refractivity contribution >= 4 is 22.3 Å². The molecule has 0 aliphatic carbocycles. The Labute approximate surface area is 96.7 Å². The van der Waals surface area contributed by atoms with Gasteiger partial charge in [-0.25, -0.2) is 8.57 Å². The molecule has 1 rings (SSSR count). The van der Waals surface area contributed by atoms with E-state index in [4.69, 9.17) is 10.0 Å². The smallest absolute Gasteiger partial charge is 0.423 e. The topological polar surface area (TPSA) is 69.9 Å². The van der Waals surface area contributed by atoms with Gasteiger partial charge in [-0.05, 0) is 31.4 Å². The molecule has 6 heteroatoms. The zero-order valence-electron chi connectivity index (χ0n) is 9.62. The van der Waals surface area contributed by atoms with Crippen LogP contribution in [0.3, 0.4) is 0 Å². The Morgan fingerprint density at radius 3 is 2.06 bits per heavy atom. The normalized spacial score (nSPS) is 14.6. The molecule has 0 fully saturated rings. The SMILES string of the molecule is CN=S(=O)(c1ccc(B(O)O)cc1)C(C)C. The minimum atomic E-state index is -2.40.